The van der Waals surface area contributed by atoms with Gasteiger partial charge in [0.05, 0.1) is 29.1 Å². The van der Waals surface area contributed by atoms with Gasteiger partial charge in [-0.1, -0.05) is 12.1 Å². The van der Waals surface area contributed by atoms with Crippen LogP contribution >= 0.6 is 0 Å². The molecule has 5 nitrogen and oxygen atoms in total. The molecule has 0 saturated heterocycles. The molecule has 19 heavy (non-hydrogen) atoms. The lowest BCUT2D eigenvalue weighted by Gasteiger charge is -2.10. The summed E-state index contributed by atoms with van der Waals surface area (Å²) in [7, 11) is 0. The van der Waals surface area contributed by atoms with Gasteiger partial charge in [-0.05, 0) is 44.7 Å². The van der Waals surface area contributed by atoms with Crippen LogP contribution in [0.25, 0.3) is 5.69 Å². The van der Waals surface area contributed by atoms with E-state index in [4.69, 9.17) is 5.26 Å². The van der Waals surface area contributed by atoms with Gasteiger partial charge < -0.3 is 5.32 Å². The molecule has 0 radical (unpaired) electrons. The van der Waals surface area contributed by atoms with E-state index in [2.05, 4.69) is 35.5 Å². The van der Waals surface area contributed by atoms with E-state index in [1.54, 1.807) is 16.8 Å². The minimum atomic E-state index is 0.178. The maximum absolute atomic E-state index is 8.80. The van der Waals surface area contributed by atoms with Crippen molar-refractivity contribution in [2.75, 3.05) is 6.54 Å². The molecule has 1 N–H and O–H groups in total. The van der Waals surface area contributed by atoms with Crippen molar-refractivity contribution in [2.24, 2.45) is 0 Å². The van der Waals surface area contributed by atoms with Gasteiger partial charge in [0.1, 0.15) is 5.69 Å². The second kappa shape index (κ2) is 5.63. The Balaban J connectivity index is 2.33. The number of nitriles is 1. The lowest BCUT2D eigenvalue weighted by atomic mass is 10.2. The van der Waals surface area contributed by atoms with E-state index in [9.17, 15) is 0 Å². The second-order valence-corrected chi connectivity index (χ2v) is 4.41. The standard InChI is InChI=1S/C14H17N5/c1-4-16-10(2)14-11(3)19(18-17-14)13-7-5-12(9-15)6-8-13/h5-8,10,16H,4H2,1-3H3. The molecule has 0 aliphatic carbocycles. The van der Waals surface area contributed by atoms with Crippen molar-refractivity contribution in [1.29, 1.82) is 5.26 Å². The van der Waals surface area contributed by atoms with E-state index in [0.717, 1.165) is 23.6 Å². The molecule has 0 saturated carbocycles. The predicted octanol–water partition coefficient (Wildman–Crippen LogP) is 2.12. The lowest BCUT2D eigenvalue weighted by molar-refractivity contribution is 0.579. The lowest BCUT2D eigenvalue weighted by Crippen LogP contribution is -2.19. The second-order valence-electron chi connectivity index (χ2n) is 4.41. The average Bonchev–Trinajstić information content (AvgIpc) is 2.81. The minimum absolute atomic E-state index is 0.178. The van der Waals surface area contributed by atoms with E-state index < -0.39 is 0 Å². The van der Waals surface area contributed by atoms with Gasteiger partial charge in [0.15, 0.2) is 0 Å². The van der Waals surface area contributed by atoms with Crippen LogP contribution in [0.2, 0.25) is 0 Å². The molecule has 1 aromatic heterocycles. The first-order chi connectivity index (χ1) is 9.17. The number of benzene rings is 1. The van der Waals surface area contributed by atoms with E-state index in [1.165, 1.54) is 0 Å². The fourth-order valence-electron chi connectivity index (χ4n) is 2.07. The van der Waals surface area contributed by atoms with Crippen molar-refractivity contribution in [3.8, 4) is 11.8 Å². The summed E-state index contributed by atoms with van der Waals surface area (Å²) >= 11 is 0. The maximum atomic E-state index is 8.80. The number of aromatic nitrogens is 3. The first-order valence-electron chi connectivity index (χ1n) is 6.33. The molecule has 0 aliphatic rings. The van der Waals surface area contributed by atoms with Crippen molar-refractivity contribution >= 4 is 0 Å². The van der Waals surface area contributed by atoms with Crippen LogP contribution < -0.4 is 5.32 Å². The first kappa shape index (κ1) is 13.2. The highest BCUT2D eigenvalue weighted by Crippen LogP contribution is 2.17. The third-order valence-corrected chi connectivity index (χ3v) is 3.09. The third kappa shape index (κ3) is 2.64. The Kier molecular flexibility index (Phi) is 3.93. The van der Waals surface area contributed by atoms with Gasteiger partial charge in [0.25, 0.3) is 0 Å². The van der Waals surface area contributed by atoms with Gasteiger partial charge in [0.2, 0.25) is 0 Å². The molecule has 0 bridgehead atoms. The molecule has 2 aromatic rings. The Bertz CT molecular complexity index is 591. The molecule has 0 spiro atoms. The van der Waals surface area contributed by atoms with Crippen LogP contribution in [0, 0.1) is 18.3 Å². The van der Waals surface area contributed by atoms with Crippen molar-refractivity contribution in [3.63, 3.8) is 0 Å². The number of rotatable bonds is 4. The summed E-state index contributed by atoms with van der Waals surface area (Å²) in [6.07, 6.45) is 0. The Morgan fingerprint density at radius 1 is 1.37 bits per heavy atom. The van der Waals surface area contributed by atoms with Gasteiger partial charge >= 0.3 is 0 Å². The molecule has 98 valence electrons. The molecule has 0 aliphatic heterocycles. The molecular weight excluding hydrogens is 238 g/mol. The average molecular weight is 255 g/mol. The largest absolute Gasteiger partial charge is 0.309 e. The highest BCUT2D eigenvalue weighted by atomic mass is 15.4. The highest BCUT2D eigenvalue weighted by Gasteiger charge is 2.15. The zero-order chi connectivity index (χ0) is 13.8. The van der Waals surface area contributed by atoms with E-state index in [1.807, 2.05) is 19.1 Å². The van der Waals surface area contributed by atoms with E-state index >= 15 is 0 Å². The fourth-order valence-corrected chi connectivity index (χ4v) is 2.07. The Hall–Kier alpha value is -2.19. The quantitative estimate of drug-likeness (QED) is 0.908. The number of nitrogens with zero attached hydrogens (tertiary/aromatic N) is 4. The predicted molar refractivity (Wildman–Crippen MR) is 72.9 cm³/mol. The Labute approximate surface area is 112 Å². The zero-order valence-corrected chi connectivity index (χ0v) is 11.4. The molecule has 2 rings (SSSR count). The molecule has 5 heteroatoms. The molecule has 0 fully saturated rings. The summed E-state index contributed by atoms with van der Waals surface area (Å²) in [5.74, 6) is 0. The molecule has 1 unspecified atom stereocenters. The van der Waals surface area contributed by atoms with Gasteiger partial charge in [-0.3, -0.25) is 0 Å². The number of hydrogen-bond acceptors (Lipinski definition) is 4. The van der Waals surface area contributed by atoms with Gasteiger partial charge in [-0.15, -0.1) is 5.10 Å². The molecule has 1 heterocycles. The van der Waals surface area contributed by atoms with Crippen molar-refractivity contribution in [2.45, 2.75) is 26.8 Å². The van der Waals surface area contributed by atoms with Crippen LogP contribution in [0.5, 0.6) is 0 Å². The van der Waals surface area contributed by atoms with Crippen molar-refractivity contribution in [3.05, 3.63) is 41.2 Å². The number of nitrogens with one attached hydrogen (secondary N) is 1. The van der Waals surface area contributed by atoms with Crippen molar-refractivity contribution < 1.29 is 0 Å². The van der Waals surface area contributed by atoms with Gasteiger partial charge in [0, 0.05) is 0 Å². The van der Waals surface area contributed by atoms with Crippen LogP contribution in [0.1, 0.15) is 36.8 Å². The Morgan fingerprint density at radius 3 is 2.63 bits per heavy atom. The minimum Gasteiger partial charge on any atom is -0.309 e. The van der Waals surface area contributed by atoms with Crippen LogP contribution in [-0.4, -0.2) is 21.5 Å². The molecular formula is C14H17N5. The normalized spacial score (nSPS) is 12.1. The topological polar surface area (TPSA) is 66.5 Å². The number of hydrogen-bond donors (Lipinski definition) is 1. The summed E-state index contributed by atoms with van der Waals surface area (Å²) < 4.78 is 1.80. The van der Waals surface area contributed by atoms with E-state index in [0.29, 0.717) is 5.56 Å². The molecule has 1 atom stereocenters. The SMILES string of the molecule is CCNC(C)c1nnn(-c2ccc(C#N)cc2)c1C. The Morgan fingerprint density at radius 2 is 2.05 bits per heavy atom. The van der Waals surface area contributed by atoms with Crippen LogP contribution in [-0.2, 0) is 0 Å². The smallest absolute Gasteiger partial charge is 0.103 e. The summed E-state index contributed by atoms with van der Waals surface area (Å²) in [5, 5.41) is 20.6. The highest BCUT2D eigenvalue weighted by molar-refractivity contribution is 5.40. The summed E-state index contributed by atoms with van der Waals surface area (Å²) in [6, 6.07) is 9.60. The van der Waals surface area contributed by atoms with Crippen molar-refractivity contribution in [1.82, 2.24) is 20.3 Å². The fraction of sp³-hybridized carbons (Fsp3) is 0.357. The van der Waals surface area contributed by atoms with Crippen LogP contribution in [0.3, 0.4) is 0 Å². The van der Waals surface area contributed by atoms with Gasteiger partial charge in [-0.2, -0.15) is 5.26 Å². The van der Waals surface area contributed by atoms with Crippen LogP contribution in [0.15, 0.2) is 24.3 Å². The maximum Gasteiger partial charge on any atom is 0.103 e. The van der Waals surface area contributed by atoms with Crippen LogP contribution in [0.4, 0.5) is 0 Å². The molecule has 0 amide bonds. The summed E-state index contributed by atoms with van der Waals surface area (Å²) in [5.41, 5.74) is 3.52. The monoisotopic (exact) mass is 255 g/mol. The van der Waals surface area contributed by atoms with Gasteiger partial charge in [-0.25, -0.2) is 4.68 Å². The van der Waals surface area contributed by atoms with E-state index in [-0.39, 0.29) is 6.04 Å². The zero-order valence-electron chi connectivity index (χ0n) is 11.4. The first-order valence-corrected chi connectivity index (χ1v) is 6.33. The summed E-state index contributed by atoms with van der Waals surface area (Å²) in [6.45, 7) is 7.03. The molecule has 1 aromatic carbocycles. The third-order valence-electron chi connectivity index (χ3n) is 3.09. The summed E-state index contributed by atoms with van der Waals surface area (Å²) in [4.78, 5) is 0.